The summed E-state index contributed by atoms with van der Waals surface area (Å²) in [5.74, 6) is -17.0. The predicted molar refractivity (Wildman–Crippen MR) is 390 cm³/mol. The van der Waals surface area contributed by atoms with Crippen LogP contribution in [0.2, 0.25) is 10.0 Å². The number of phenolic OH excluding ortho intramolecular Hbond substituents is 3. The van der Waals surface area contributed by atoms with Gasteiger partial charge in [-0.3, -0.25) is 33.6 Å². The van der Waals surface area contributed by atoms with Crippen LogP contribution in [0.4, 0.5) is 0 Å². The van der Waals surface area contributed by atoms with Gasteiger partial charge < -0.3 is 137 Å². The number of benzene rings is 5. The van der Waals surface area contributed by atoms with Gasteiger partial charge in [0.25, 0.3) is 0 Å². The van der Waals surface area contributed by atoms with Crippen LogP contribution in [0.1, 0.15) is 125 Å². The third-order valence-corrected chi connectivity index (χ3v) is 20.3. The van der Waals surface area contributed by atoms with Crippen molar-refractivity contribution in [1.82, 2.24) is 42.5 Å². The minimum Gasteiger partial charge on any atom is -0.508 e. The van der Waals surface area contributed by atoms with Gasteiger partial charge in [0.05, 0.1) is 48.4 Å². The van der Waals surface area contributed by atoms with Gasteiger partial charge in [0, 0.05) is 47.9 Å². The number of carboxylic acids is 1. The number of methoxy groups -OCH3 is 1. The van der Waals surface area contributed by atoms with Crippen molar-refractivity contribution in [3.8, 4) is 57.1 Å². The number of halogens is 2. The molecule has 36 nitrogen and oxygen atoms in total. The molecule has 5 aromatic carbocycles. The fourth-order valence-corrected chi connectivity index (χ4v) is 14.1. The maximum absolute atomic E-state index is 16.2. The number of phenols is 3. The first-order chi connectivity index (χ1) is 53.1. The fraction of sp³-hybridized carbons (Fsp3) is 0.473. The predicted octanol–water partition coefficient (Wildman–Crippen LogP) is 1.10. The first kappa shape index (κ1) is 84.7. The molecule has 2 saturated heterocycles. The van der Waals surface area contributed by atoms with Crippen LogP contribution in [0.15, 0.2) is 78.9 Å². The topological polar surface area (TPSA) is 552 Å². The van der Waals surface area contributed by atoms with Crippen molar-refractivity contribution >= 4 is 76.5 Å². The van der Waals surface area contributed by atoms with E-state index in [0.29, 0.717) is 6.42 Å². The molecular formula is C74H89Cl2N9O27. The number of carbonyl (C=O) groups is 9. The molecule has 11 bridgehead atoms. The van der Waals surface area contributed by atoms with E-state index in [9.17, 15) is 79.8 Å². The smallest absolute Gasteiger partial charge is 0.336 e. The highest BCUT2D eigenvalue weighted by atomic mass is 35.5. The number of amides is 7. The van der Waals surface area contributed by atoms with Gasteiger partial charge in [-0.1, -0.05) is 68.6 Å². The lowest BCUT2D eigenvalue weighted by Crippen LogP contribution is -2.66. The zero-order valence-electron chi connectivity index (χ0n) is 61.4. The number of hydrogen-bond acceptors (Lipinski definition) is 28. The minimum atomic E-state index is -2.38. The van der Waals surface area contributed by atoms with Crippen LogP contribution in [0, 0.1) is 5.92 Å². The second-order valence-corrected chi connectivity index (χ2v) is 29.1. The summed E-state index contributed by atoms with van der Waals surface area (Å²) in [5, 5.41) is 136. The molecule has 7 heterocycles. The molecule has 112 heavy (non-hydrogen) atoms. The number of esters is 1. The third-order valence-electron chi connectivity index (χ3n) is 19.7. The lowest BCUT2D eigenvalue weighted by molar-refractivity contribution is -0.334. The van der Waals surface area contributed by atoms with Crippen molar-refractivity contribution in [2.75, 3.05) is 33.9 Å². The highest BCUT2D eigenvalue weighted by Crippen LogP contribution is 2.50. The third kappa shape index (κ3) is 18.8. The highest BCUT2D eigenvalue weighted by molar-refractivity contribution is 6.32. The molecule has 0 spiro atoms. The van der Waals surface area contributed by atoms with Gasteiger partial charge in [-0.2, -0.15) is 0 Å². The normalized spacial score (nSPS) is 27.9. The lowest BCUT2D eigenvalue weighted by atomic mass is 9.84. The van der Waals surface area contributed by atoms with Gasteiger partial charge in [-0.25, -0.2) is 9.59 Å². The minimum absolute atomic E-state index is 0.113. The number of fused-ring (bicyclic) bond motifs is 15. The molecule has 5 aromatic rings. The summed E-state index contributed by atoms with van der Waals surface area (Å²) in [4.78, 5) is 131. The Hall–Kier alpha value is -9.77. The van der Waals surface area contributed by atoms with E-state index in [1.54, 1.807) is 6.92 Å². The van der Waals surface area contributed by atoms with Crippen LogP contribution in [0.25, 0.3) is 11.1 Å². The van der Waals surface area contributed by atoms with E-state index in [4.69, 9.17) is 66.8 Å². The molecule has 0 aromatic heterocycles. The first-order valence-corrected chi connectivity index (χ1v) is 36.4. The zero-order chi connectivity index (χ0) is 81.6. The molecule has 7 amide bonds. The number of nitrogens with two attached hydrogens (primary N) is 1. The van der Waals surface area contributed by atoms with Crippen LogP contribution in [0.3, 0.4) is 0 Å². The summed E-state index contributed by atoms with van der Waals surface area (Å²) >= 11 is 14.2. The maximum atomic E-state index is 16.2. The van der Waals surface area contributed by atoms with Crippen molar-refractivity contribution in [3.05, 3.63) is 117 Å². The quantitative estimate of drug-likeness (QED) is 0.0361. The molecule has 7 aliphatic rings. The number of aromatic hydroxyl groups is 3. The molecular weight excluding hydrogens is 1520 g/mol. The Morgan fingerprint density at radius 3 is 1.96 bits per heavy atom. The summed E-state index contributed by atoms with van der Waals surface area (Å²) in [5.41, 5.74) is 1.41. The Morgan fingerprint density at radius 1 is 0.732 bits per heavy atom. The Balaban J connectivity index is 1.21. The number of aliphatic carboxylic acids is 1. The van der Waals surface area contributed by atoms with E-state index in [1.165, 1.54) is 33.2 Å². The second-order valence-electron chi connectivity index (χ2n) is 28.2. The number of aliphatic hydroxyl groups excluding tert-OH is 6. The molecule has 0 aliphatic carbocycles. The first-order valence-electron chi connectivity index (χ1n) is 35.7. The van der Waals surface area contributed by atoms with Gasteiger partial charge in [0.1, 0.15) is 89.5 Å². The molecule has 0 saturated carbocycles. The van der Waals surface area contributed by atoms with E-state index in [2.05, 4.69) is 42.5 Å². The van der Waals surface area contributed by atoms with Crippen LogP contribution in [-0.2, 0) is 66.8 Å². The van der Waals surface area contributed by atoms with E-state index < -0.39 is 249 Å². The number of primary amides is 1. The average Bonchev–Trinajstić information content (AvgIpc) is 0.766. The SMILES string of the molecule is CCCCOC(CN[C@@]1(C)C[C@H](O[C@H]2[C@H](Oc3c4cc5cc3Oc3ccc(cc3Cl)[C@@H](O)[C@@H](NC(=O)[C@@H](CC(C)C)NC)C(=O)N[C@@H](CC(N)=O)C(=O)N[C@H]5C(=O)N[C@H]3C(=O)N[C@H](C(=O)N[C@H](C(=O)O)c5cc(O)cc(O)c5-c5cc3ccc5O)[C@H](O)c3ccc(c(Cl)c3)O4)O[C@H](CO)[C@@H](O)[C@@H]2O)O[C@@H](C)[C@H]1O)C(=O)OC. The highest BCUT2D eigenvalue weighted by Gasteiger charge is 2.53. The number of unbranched alkanes of at least 4 members (excludes halogenated alkanes) is 1. The Morgan fingerprint density at radius 2 is 1.36 bits per heavy atom. The van der Waals surface area contributed by atoms with Crippen LogP contribution in [0.5, 0.6) is 46.0 Å². The number of carbonyl (C=O) groups excluding carboxylic acids is 8. The zero-order valence-corrected chi connectivity index (χ0v) is 62.9. The van der Waals surface area contributed by atoms with E-state index in [0.717, 1.165) is 73.2 Å². The number of carboxylic acid groups (broad SMARTS) is 1. The van der Waals surface area contributed by atoms with Gasteiger partial charge in [-0.15, -0.1) is 0 Å². The number of ether oxygens (including phenoxy) is 8. The Labute approximate surface area is 649 Å². The average molecular weight is 1610 g/mol. The molecule has 20 N–H and O–H groups in total. The number of rotatable bonds is 21. The van der Waals surface area contributed by atoms with Crippen LogP contribution < -0.4 is 62.5 Å². The number of aliphatic hydroxyl groups is 6. The maximum Gasteiger partial charge on any atom is 0.336 e. The van der Waals surface area contributed by atoms with E-state index in [1.807, 2.05) is 20.8 Å². The van der Waals surface area contributed by atoms with Crippen LogP contribution >= 0.6 is 23.2 Å². The van der Waals surface area contributed by atoms with E-state index >= 15 is 14.4 Å². The fourth-order valence-electron chi connectivity index (χ4n) is 13.7. The van der Waals surface area contributed by atoms with Crippen molar-refractivity contribution in [2.45, 2.75) is 182 Å². The number of hydrogen-bond donors (Lipinski definition) is 19. The van der Waals surface area contributed by atoms with E-state index in [-0.39, 0.29) is 59.4 Å². The summed E-state index contributed by atoms with van der Waals surface area (Å²) in [6.45, 7) is 7.60. The molecule has 12 rings (SSSR count). The number of nitrogens with one attached hydrogen (secondary N) is 8. The summed E-state index contributed by atoms with van der Waals surface area (Å²) in [7, 11) is 2.65. The molecule has 2 fully saturated rings. The largest absolute Gasteiger partial charge is 0.508 e. The van der Waals surface area contributed by atoms with Crippen molar-refractivity contribution < 1.29 is 132 Å². The molecule has 606 valence electrons. The monoisotopic (exact) mass is 1610 g/mol. The standard InChI is InChI=1S/C74H89Cl2N9O27/c1-8-9-16-106-48(72(104)105-7)27-79-74(5)26-51(107-30(4)64(74)95)111-63-61(94)60(93)49(28-86)110-73(63)112-62-46-21-34-22-47(62)109-45-15-12-33(20-39(45)76)59(92)57-70(101)83-55(71(102)103)37-23-35(87)24-43(89)52(37)36-18-31(10-13-42(36)88)53(67(98)85-57)82-68(99)54(34)81-66(97)41(25-50(77)90)80-69(100)56(84-65(96)40(78-6)17-29(2)3)58(91)32-11-14-44(108-46)38(75)19-32/h10-15,18-24,29-30,40-41,48-49,51,53-61,63-64,73,78-79,86-89,91-95H,8-9,16-17,25-28H2,1-7H3,(H2,77,90)(H,80,100)(H,81,97)(H,82,99)(H,83,101)(H,84,96)(H,85,98)(H,102,103)/t30-,40+,41-,48?,49+,51-,53+,54+,55-,56+,57-,58+,59+,60+,61-,63+,64+,73-,74-/m0/s1. The summed E-state index contributed by atoms with van der Waals surface area (Å²) < 4.78 is 50.0. The van der Waals surface area contributed by atoms with Gasteiger partial charge in [0.2, 0.25) is 53.4 Å². The molecule has 38 heteroatoms. The molecule has 1 unspecified atom stereocenters. The van der Waals surface area contributed by atoms with Gasteiger partial charge in [0.15, 0.2) is 36.0 Å². The van der Waals surface area contributed by atoms with Gasteiger partial charge >= 0.3 is 11.9 Å². The molecule has 0 radical (unpaired) electrons. The van der Waals surface area contributed by atoms with Crippen molar-refractivity contribution in [1.29, 1.82) is 0 Å². The van der Waals surface area contributed by atoms with Gasteiger partial charge in [-0.05, 0) is 117 Å². The molecule has 19 atom stereocenters. The lowest BCUT2D eigenvalue weighted by Gasteiger charge is -2.48. The molecule has 7 aliphatic heterocycles. The second kappa shape index (κ2) is 35.9. The Kier molecular flexibility index (Phi) is 27.2. The Bertz CT molecular complexity index is 4390. The summed E-state index contributed by atoms with van der Waals surface area (Å²) in [6, 6.07) is -0.933. The summed E-state index contributed by atoms with van der Waals surface area (Å²) in [6.07, 6.45) is -19.2. The van der Waals surface area contributed by atoms with Crippen molar-refractivity contribution in [3.63, 3.8) is 0 Å². The van der Waals surface area contributed by atoms with Crippen LogP contribution in [-0.4, -0.2) is 223 Å². The number of likely N-dealkylation sites (N-methyl/N-ethyl adjacent to an activating group) is 1. The van der Waals surface area contributed by atoms with Crippen molar-refractivity contribution in [2.24, 2.45) is 11.7 Å².